The number of pyridine rings is 2. The van der Waals surface area contributed by atoms with Crippen molar-refractivity contribution in [1.82, 2.24) is 18.8 Å². The molecule has 0 saturated carbocycles. The third-order valence-corrected chi connectivity index (χ3v) is 5.12. The van der Waals surface area contributed by atoms with E-state index in [1.165, 1.54) is 0 Å². The predicted molar refractivity (Wildman–Crippen MR) is 136 cm³/mol. The summed E-state index contributed by atoms with van der Waals surface area (Å²) in [7, 11) is 0. The minimum Gasteiger partial charge on any atom is -0.444 e. The molecule has 0 bridgehead atoms. The van der Waals surface area contributed by atoms with Crippen molar-refractivity contribution in [2.75, 3.05) is 11.1 Å². The second-order valence-electron chi connectivity index (χ2n) is 9.27. The number of fused-ring (bicyclic) bond motifs is 2. The van der Waals surface area contributed by atoms with Gasteiger partial charge in [0.15, 0.2) is 22.9 Å². The summed E-state index contributed by atoms with van der Waals surface area (Å²) in [6, 6.07) is 2.03. The first kappa shape index (κ1) is 29.1. The van der Waals surface area contributed by atoms with Crippen LogP contribution in [0.4, 0.5) is 33.7 Å². The molecule has 0 aromatic carbocycles. The van der Waals surface area contributed by atoms with Crippen molar-refractivity contribution in [3.8, 4) is 0 Å². The standard InChI is InChI=1S/C15H17F2N3O3.C10H9F2N3O/c1-5-10-11(17)13(21)20-7-8(6-9(16)12(20)19-10)18-14(22)23-15(2,3)4;1-2-7-8(12)10(16)15-4-5(13)3-6(11)9(15)14-7/h6-7H,5H2,1-4H3,(H,18,22);3-4H,2,13H2,1H3. The smallest absolute Gasteiger partial charge is 0.412 e. The van der Waals surface area contributed by atoms with Crippen molar-refractivity contribution in [3.05, 3.63) is 79.9 Å². The number of nitrogens with two attached hydrogens (primary N) is 1. The molecule has 0 aliphatic carbocycles. The fourth-order valence-corrected chi connectivity index (χ4v) is 3.42. The Kier molecular flexibility index (Phi) is 8.27. The van der Waals surface area contributed by atoms with Gasteiger partial charge in [-0.2, -0.15) is 8.78 Å². The summed E-state index contributed by atoms with van der Waals surface area (Å²) in [4.78, 5) is 42.8. The average Bonchev–Trinajstić information content (AvgIpc) is 2.83. The van der Waals surface area contributed by atoms with Crippen molar-refractivity contribution >= 4 is 28.8 Å². The van der Waals surface area contributed by atoms with Gasteiger partial charge in [-0.05, 0) is 33.6 Å². The van der Waals surface area contributed by atoms with Crippen molar-refractivity contribution in [2.45, 2.75) is 53.1 Å². The van der Waals surface area contributed by atoms with Crippen molar-refractivity contribution < 1.29 is 27.1 Å². The van der Waals surface area contributed by atoms with E-state index in [2.05, 4.69) is 15.3 Å². The van der Waals surface area contributed by atoms with E-state index < -0.39 is 46.1 Å². The number of carbonyl (C=O) groups is 1. The van der Waals surface area contributed by atoms with Crippen LogP contribution in [0, 0.1) is 23.3 Å². The van der Waals surface area contributed by atoms with E-state index in [1.807, 2.05) is 0 Å². The Balaban J connectivity index is 0.000000230. The second kappa shape index (κ2) is 11.1. The number of nitrogens with zero attached hydrogens (tertiary/aromatic N) is 4. The lowest BCUT2D eigenvalue weighted by Crippen LogP contribution is -2.28. The quantitative estimate of drug-likeness (QED) is 0.369. The van der Waals surface area contributed by atoms with Gasteiger partial charge in [-0.15, -0.1) is 0 Å². The fraction of sp³-hybridized carbons (Fsp3) is 0.320. The van der Waals surface area contributed by atoms with Crippen LogP contribution in [-0.4, -0.2) is 30.5 Å². The third kappa shape index (κ3) is 6.33. The van der Waals surface area contributed by atoms with Crippen LogP contribution in [0.1, 0.15) is 46.0 Å². The van der Waals surface area contributed by atoms with Crippen LogP contribution in [0.15, 0.2) is 34.1 Å². The number of anilines is 2. The molecule has 0 radical (unpaired) electrons. The van der Waals surface area contributed by atoms with E-state index in [0.29, 0.717) is 0 Å². The Morgan fingerprint density at radius 1 is 0.897 bits per heavy atom. The zero-order valence-electron chi connectivity index (χ0n) is 21.7. The number of amides is 1. The van der Waals surface area contributed by atoms with Crippen LogP contribution in [-0.2, 0) is 17.6 Å². The fourth-order valence-electron chi connectivity index (χ4n) is 3.42. The summed E-state index contributed by atoms with van der Waals surface area (Å²) >= 11 is 0. The van der Waals surface area contributed by atoms with Gasteiger partial charge >= 0.3 is 6.09 Å². The number of halogens is 4. The molecule has 3 N–H and O–H groups in total. The number of hydrogen-bond donors (Lipinski definition) is 2. The lowest BCUT2D eigenvalue weighted by Gasteiger charge is -2.19. The van der Waals surface area contributed by atoms with Crippen LogP contribution < -0.4 is 22.2 Å². The Morgan fingerprint density at radius 3 is 1.82 bits per heavy atom. The minimum absolute atomic E-state index is 0.0394. The van der Waals surface area contributed by atoms with Crippen LogP contribution in [0.3, 0.4) is 0 Å². The highest BCUT2D eigenvalue weighted by Gasteiger charge is 2.19. The van der Waals surface area contributed by atoms with E-state index in [4.69, 9.17) is 10.5 Å². The Hall–Kier alpha value is -4.49. The number of ether oxygens (including phenoxy) is 1. The molecule has 0 aliphatic heterocycles. The van der Waals surface area contributed by atoms with Gasteiger partial charge in [0.05, 0.1) is 22.8 Å². The molecule has 0 saturated heterocycles. The van der Waals surface area contributed by atoms with Gasteiger partial charge in [0.1, 0.15) is 5.60 Å². The molecule has 39 heavy (non-hydrogen) atoms. The molecule has 0 fully saturated rings. The van der Waals surface area contributed by atoms with Gasteiger partial charge in [0, 0.05) is 24.5 Å². The molecule has 4 aromatic heterocycles. The number of carbonyl (C=O) groups excluding carboxylic acids is 1. The maximum absolute atomic E-state index is 14.1. The van der Waals surface area contributed by atoms with E-state index >= 15 is 0 Å². The van der Waals surface area contributed by atoms with Gasteiger partial charge in [-0.25, -0.2) is 23.5 Å². The van der Waals surface area contributed by atoms with Crippen LogP contribution in [0.2, 0.25) is 0 Å². The van der Waals surface area contributed by atoms with Gasteiger partial charge in [-0.1, -0.05) is 13.8 Å². The molecular weight excluding hydrogens is 524 g/mol. The average molecular weight is 551 g/mol. The summed E-state index contributed by atoms with van der Waals surface area (Å²) < 4.78 is 61.4. The SMILES string of the molecule is CCc1nc2c(F)cc(N)cn2c(=O)c1F.CCc1nc2c(F)cc(NC(=O)OC(C)(C)C)cn2c(=O)c1F. The number of nitrogen functional groups attached to an aromatic ring is 1. The lowest BCUT2D eigenvalue weighted by atomic mass is 10.2. The molecule has 208 valence electrons. The summed E-state index contributed by atoms with van der Waals surface area (Å²) in [6.07, 6.45) is 1.81. The first-order valence-corrected chi connectivity index (χ1v) is 11.7. The molecule has 0 aliphatic rings. The first-order chi connectivity index (χ1) is 18.2. The molecule has 1 amide bonds. The van der Waals surface area contributed by atoms with E-state index in [9.17, 15) is 31.9 Å². The minimum atomic E-state index is -1.04. The van der Waals surface area contributed by atoms with Crippen LogP contribution in [0.25, 0.3) is 11.3 Å². The van der Waals surface area contributed by atoms with Crippen LogP contribution in [0.5, 0.6) is 0 Å². The number of nitrogens with one attached hydrogen (secondary N) is 1. The highest BCUT2D eigenvalue weighted by atomic mass is 19.1. The topological polar surface area (TPSA) is 133 Å². The second-order valence-corrected chi connectivity index (χ2v) is 9.27. The molecule has 14 heteroatoms. The van der Waals surface area contributed by atoms with Gasteiger partial charge < -0.3 is 10.5 Å². The predicted octanol–water partition coefficient (Wildman–Crippen LogP) is 4.00. The van der Waals surface area contributed by atoms with Gasteiger partial charge in [0.2, 0.25) is 11.6 Å². The Labute approximate surface area is 219 Å². The number of aromatic nitrogens is 4. The van der Waals surface area contributed by atoms with Gasteiger partial charge in [0.25, 0.3) is 11.1 Å². The zero-order valence-corrected chi connectivity index (χ0v) is 21.7. The number of rotatable bonds is 3. The largest absolute Gasteiger partial charge is 0.444 e. The Bertz CT molecular complexity index is 1700. The normalized spacial score (nSPS) is 11.3. The van der Waals surface area contributed by atoms with E-state index in [1.54, 1.807) is 34.6 Å². The summed E-state index contributed by atoms with van der Waals surface area (Å²) in [5.74, 6) is -3.61. The Morgan fingerprint density at radius 2 is 1.36 bits per heavy atom. The van der Waals surface area contributed by atoms with Gasteiger partial charge in [-0.3, -0.25) is 23.7 Å². The first-order valence-electron chi connectivity index (χ1n) is 11.7. The summed E-state index contributed by atoms with van der Waals surface area (Å²) in [6.45, 7) is 8.26. The molecular formula is C25H26F4N6O4. The molecule has 4 heterocycles. The maximum Gasteiger partial charge on any atom is 0.412 e. The lowest BCUT2D eigenvalue weighted by molar-refractivity contribution is 0.0636. The molecule has 4 aromatic rings. The third-order valence-electron chi connectivity index (χ3n) is 5.12. The highest BCUT2D eigenvalue weighted by molar-refractivity contribution is 5.84. The van der Waals surface area contributed by atoms with Crippen molar-refractivity contribution in [1.29, 1.82) is 0 Å². The molecule has 0 spiro atoms. The molecule has 0 unspecified atom stereocenters. The monoisotopic (exact) mass is 550 g/mol. The number of aryl methyl sites for hydroxylation is 2. The van der Waals surface area contributed by atoms with Crippen molar-refractivity contribution in [2.24, 2.45) is 0 Å². The zero-order chi connectivity index (χ0) is 29.2. The molecule has 0 atom stereocenters. The molecule has 4 rings (SSSR count). The maximum atomic E-state index is 14.1. The number of hydrogen-bond acceptors (Lipinski definition) is 7. The summed E-state index contributed by atoms with van der Waals surface area (Å²) in [5.41, 5.74) is 1.99. The highest BCUT2D eigenvalue weighted by Crippen LogP contribution is 2.17. The molecule has 10 nitrogen and oxygen atoms in total. The van der Waals surface area contributed by atoms with E-state index in [-0.39, 0.29) is 46.9 Å². The van der Waals surface area contributed by atoms with E-state index in [0.717, 1.165) is 33.3 Å². The van der Waals surface area contributed by atoms with Crippen LogP contribution >= 0.6 is 0 Å². The van der Waals surface area contributed by atoms with Crippen molar-refractivity contribution in [3.63, 3.8) is 0 Å². The summed E-state index contributed by atoms with van der Waals surface area (Å²) in [5, 5.41) is 2.30.